The fraction of sp³-hybridized carbons (Fsp3) is 0.538. The number of benzene rings is 1. The number of hydrogen-bond donors (Lipinski definition) is 1. The second-order valence-electron chi connectivity index (χ2n) is 4.22. The minimum absolute atomic E-state index is 0.00572. The third kappa shape index (κ3) is 5.59. The first-order valence-electron chi connectivity index (χ1n) is 6.16. The lowest BCUT2D eigenvalue weighted by atomic mass is 10.1. The first kappa shape index (κ1) is 15.9. The van der Waals surface area contributed by atoms with Crippen LogP contribution >= 0.6 is 0 Å². The van der Waals surface area contributed by atoms with Crippen molar-refractivity contribution in [2.24, 2.45) is 5.73 Å². The molecule has 0 spiro atoms. The van der Waals surface area contributed by atoms with Gasteiger partial charge in [0.2, 0.25) is 0 Å². The second kappa shape index (κ2) is 7.47. The number of hydrogen-bond acceptors (Lipinski definition) is 5. The Labute approximate surface area is 114 Å². The van der Waals surface area contributed by atoms with Gasteiger partial charge in [0, 0.05) is 13.2 Å². The first-order valence-corrected chi connectivity index (χ1v) is 7.98. The summed E-state index contributed by atoms with van der Waals surface area (Å²) in [7, 11) is -1.72. The van der Waals surface area contributed by atoms with Crippen LogP contribution < -0.4 is 10.5 Å². The Morgan fingerprint density at radius 3 is 2.42 bits per heavy atom. The number of nitrogens with two attached hydrogens (primary N) is 1. The Balaban J connectivity index is 2.64. The molecule has 6 heteroatoms. The number of rotatable bonds is 8. The van der Waals surface area contributed by atoms with Crippen molar-refractivity contribution >= 4 is 9.84 Å². The maximum atomic E-state index is 11.8. The molecule has 0 aromatic heterocycles. The summed E-state index contributed by atoms with van der Waals surface area (Å²) in [6.45, 7) is 2.69. The molecule has 1 aromatic carbocycles. The van der Waals surface area contributed by atoms with Gasteiger partial charge < -0.3 is 15.2 Å². The van der Waals surface area contributed by atoms with Crippen molar-refractivity contribution in [2.75, 3.05) is 31.8 Å². The van der Waals surface area contributed by atoms with Crippen molar-refractivity contribution in [2.45, 2.75) is 13.0 Å². The van der Waals surface area contributed by atoms with Gasteiger partial charge in [-0.05, 0) is 24.6 Å². The maximum absolute atomic E-state index is 11.8. The zero-order valence-electron chi connectivity index (χ0n) is 11.3. The molecule has 2 N–H and O–H groups in total. The van der Waals surface area contributed by atoms with Crippen LogP contribution in [0.1, 0.15) is 18.5 Å². The molecule has 1 atom stereocenters. The highest BCUT2D eigenvalue weighted by molar-refractivity contribution is 7.91. The van der Waals surface area contributed by atoms with E-state index in [1.165, 1.54) is 7.11 Å². The lowest BCUT2D eigenvalue weighted by Gasteiger charge is -2.13. The molecule has 1 rings (SSSR count). The predicted molar refractivity (Wildman–Crippen MR) is 75.1 cm³/mol. The number of sulfone groups is 1. The molecule has 0 radical (unpaired) electrons. The summed E-state index contributed by atoms with van der Waals surface area (Å²) in [5.41, 5.74) is 6.70. The average Bonchev–Trinajstić information content (AvgIpc) is 2.37. The summed E-state index contributed by atoms with van der Waals surface area (Å²) in [6.07, 6.45) is 0. The molecule has 0 bridgehead atoms. The molecule has 5 nitrogen and oxygen atoms in total. The monoisotopic (exact) mass is 287 g/mol. The maximum Gasteiger partial charge on any atom is 0.154 e. The number of ether oxygens (including phenoxy) is 2. The smallest absolute Gasteiger partial charge is 0.154 e. The van der Waals surface area contributed by atoms with Crippen molar-refractivity contribution in [3.8, 4) is 5.75 Å². The van der Waals surface area contributed by atoms with E-state index in [1.54, 1.807) is 24.3 Å². The molecule has 0 amide bonds. The van der Waals surface area contributed by atoms with Crippen LogP contribution in [-0.4, -0.2) is 40.2 Å². The van der Waals surface area contributed by atoms with E-state index >= 15 is 0 Å². The van der Waals surface area contributed by atoms with Gasteiger partial charge in [0.15, 0.2) is 9.84 Å². The van der Waals surface area contributed by atoms with Crippen LogP contribution in [0.5, 0.6) is 5.75 Å². The van der Waals surface area contributed by atoms with Gasteiger partial charge in [0.25, 0.3) is 0 Å². The van der Waals surface area contributed by atoms with E-state index < -0.39 is 15.9 Å². The highest BCUT2D eigenvalue weighted by atomic mass is 32.2. The summed E-state index contributed by atoms with van der Waals surface area (Å²) in [5, 5.41) is 0. The third-order valence-corrected chi connectivity index (χ3v) is 4.31. The zero-order chi connectivity index (χ0) is 14.3. The van der Waals surface area contributed by atoms with Crippen molar-refractivity contribution in [3.63, 3.8) is 0 Å². The minimum atomic E-state index is -3.19. The quantitative estimate of drug-likeness (QED) is 0.776. The third-order valence-electron chi connectivity index (χ3n) is 2.65. The standard InChI is InChI=1S/C13H21NO4S/c1-3-18-12-6-4-11(5-7-12)13(14)10-19(15,16)9-8-17-2/h4-7,13H,3,8-10,14H2,1-2H3. The summed E-state index contributed by atoms with van der Waals surface area (Å²) >= 11 is 0. The van der Waals surface area contributed by atoms with Gasteiger partial charge in [-0.1, -0.05) is 12.1 Å². The minimum Gasteiger partial charge on any atom is -0.494 e. The van der Waals surface area contributed by atoms with Crippen LogP contribution in [0.25, 0.3) is 0 Å². The zero-order valence-corrected chi connectivity index (χ0v) is 12.2. The van der Waals surface area contributed by atoms with E-state index in [2.05, 4.69) is 0 Å². The predicted octanol–water partition coefficient (Wildman–Crippen LogP) is 1.15. The van der Waals surface area contributed by atoms with Crippen LogP contribution in [0.2, 0.25) is 0 Å². The Morgan fingerprint density at radius 1 is 1.26 bits per heavy atom. The van der Waals surface area contributed by atoms with E-state index in [-0.39, 0.29) is 18.1 Å². The molecule has 108 valence electrons. The van der Waals surface area contributed by atoms with E-state index in [0.717, 1.165) is 11.3 Å². The normalized spacial score (nSPS) is 13.2. The molecule has 19 heavy (non-hydrogen) atoms. The summed E-state index contributed by atoms with van der Waals surface area (Å²) < 4.78 is 33.6. The number of methoxy groups -OCH3 is 1. The van der Waals surface area contributed by atoms with Crippen molar-refractivity contribution in [3.05, 3.63) is 29.8 Å². The van der Waals surface area contributed by atoms with Crippen LogP contribution in [0.15, 0.2) is 24.3 Å². The van der Waals surface area contributed by atoms with E-state index in [0.29, 0.717) is 6.61 Å². The molecule has 0 heterocycles. The molecule has 0 aliphatic carbocycles. The second-order valence-corrected chi connectivity index (χ2v) is 6.44. The van der Waals surface area contributed by atoms with Gasteiger partial charge in [-0.25, -0.2) is 8.42 Å². The SMILES string of the molecule is CCOc1ccc(C(N)CS(=O)(=O)CCOC)cc1. The van der Waals surface area contributed by atoms with Gasteiger partial charge in [-0.3, -0.25) is 0 Å². The first-order chi connectivity index (χ1) is 8.98. The molecule has 1 aromatic rings. The highest BCUT2D eigenvalue weighted by Gasteiger charge is 2.17. The molecule has 1 unspecified atom stereocenters. The average molecular weight is 287 g/mol. The van der Waals surface area contributed by atoms with Crippen molar-refractivity contribution in [1.29, 1.82) is 0 Å². The largest absolute Gasteiger partial charge is 0.494 e. The summed E-state index contributed by atoms with van der Waals surface area (Å²) in [5.74, 6) is 0.666. The topological polar surface area (TPSA) is 78.6 Å². The molecule has 0 saturated heterocycles. The molecule has 0 aliphatic rings. The van der Waals surface area contributed by atoms with Crippen molar-refractivity contribution < 1.29 is 17.9 Å². The molecule has 0 aliphatic heterocycles. The summed E-state index contributed by atoms with van der Waals surface area (Å²) in [6, 6.07) is 6.64. The van der Waals surface area contributed by atoms with Gasteiger partial charge in [0.1, 0.15) is 5.75 Å². The molecule has 0 saturated carbocycles. The van der Waals surface area contributed by atoms with Crippen LogP contribution in [0.4, 0.5) is 0 Å². The van der Waals surface area contributed by atoms with Crippen molar-refractivity contribution in [1.82, 2.24) is 0 Å². The van der Waals surface area contributed by atoms with E-state index in [4.69, 9.17) is 15.2 Å². The van der Waals surface area contributed by atoms with Gasteiger partial charge in [-0.2, -0.15) is 0 Å². The van der Waals surface area contributed by atoms with Gasteiger partial charge in [0.05, 0.1) is 24.7 Å². The van der Waals surface area contributed by atoms with E-state index in [1.807, 2.05) is 6.92 Å². The lowest BCUT2D eigenvalue weighted by Crippen LogP contribution is -2.25. The fourth-order valence-corrected chi connectivity index (χ4v) is 2.97. The Bertz CT molecular complexity index is 470. The van der Waals surface area contributed by atoms with Crippen LogP contribution in [-0.2, 0) is 14.6 Å². The molecular weight excluding hydrogens is 266 g/mol. The van der Waals surface area contributed by atoms with Crippen LogP contribution in [0, 0.1) is 0 Å². The lowest BCUT2D eigenvalue weighted by molar-refractivity contribution is 0.217. The van der Waals surface area contributed by atoms with E-state index in [9.17, 15) is 8.42 Å². The van der Waals surface area contributed by atoms with Gasteiger partial charge in [-0.15, -0.1) is 0 Å². The highest BCUT2D eigenvalue weighted by Crippen LogP contribution is 2.17. The molecular formula is C13H21NO4S. The summed E-state index contributed by atoms with van der Waals surface area (Å²) in [4.78, 5) is 0. The molecule has 0 fully saturated rings. The van der Waals surface area contributed by atoms with Crippen LogP contribution in [0.3, 0.4) is 0 Å². The Morgan fingerprint density at radius 2 is 1.89 bits per heavy atom. The Kier molecular flexibility index (Phi) is 6.27. The Hall–Kier alpha value is -1.11. The fourth-order valence-electron chi connectivity index (χ4n) is 1.64. The van der Waals surface area contributed by atoms with Gasteiger partial charge >= 0.3 is 0 Å².